The molecule has 1 heterocycles. The van der Waals surface area contributed by atoms with E-state index in [-0.39, 0.29) is 11.1 Å². The third-order valence-electron chi connectivity index (χ3n) is 1.68. The molecule has 1 aromatic heterocycles. The molecule has 15 heavy (non-hydrogen) atoms. The van der Waals surface area contributed by atoms with Gasteiger partial charge in [0.2, 0.25) is 16.0 Å². The Morgan fingerprint density at radius 2 is 2.00 bits per heavy atom. The maximum Gasteiger partial charge on any atom is 0.238 e. The summed E-state index contributed by atoms with van der Waals surface area (Å²) in [5.41, 5.74) is 0.608. The molecular formula is C8H12ClN3O2S. The van der Waals surface area contributed by atoms with Crippen LogP contribution in [0.25, 0.3) is 0 Å². The van der Waals surface area contributed by atoms with E-state index in [1.54, 1.807) is 26.8 Å². The van der Waals surface area contributed by atoms with Gasteiger partial charge < -0.3 is 0 Å². The maximum atomic E-state index is 11.5. The van der Waals surface area contributed by atoms with Crippen LogP contribution in [-0.4, -0.2) is 23.6 Å². The number of halogens is 1. The van der Waals surface area contributed by atoms with Crippen molar-refractivity contribution in [3.05, 3.63) is 16.9 Å². The average molecular weight is 250 g/mol. The van der Waals surface area contributed by atoms with Gasteiger partial charge in [-0.05, 0) is 26.8 Å². The van der Waals surface area contributed by atoms with E-state index < -0.39 is 15.3 Å². The lowest BCUT2D eigenvalue weighted by Gasteiger charge is -2.09. The first-order chi connectivity index (χ1) is 6.81. The molecule has 1 aromatic rings. The van der Waals surface area contributed by atoms with Crippen LogP contribution >= 0.6 is 11.6 Å². The van der Waals surface area contributed by atoms with Gasteiger partial charge in [0.1, 0.15) is 5.15 Å². The number of nitrogens with zero attached hydrogens (tertiary/aromatic N) is 2. The molecule has 0 unspecified atom stereocenters. The molecule has 0 fully saturated rings. The molecule has 0 spiro atoms. The zero-order chi connectivity index (χ0) is 11.6. The second-order valence-electron chi connectivity index (χ2n) is 3.35. The fourth-order valence-corrected chi connectivity index (χ4v) is 1.64. The topological polar surface area (TPSA) is 72.0 Å². The summed E-state index contributed by atoms with van der Waals surface area (Å²) in [5, 5.41) is -0.329. The summed E-state index contributed by atoms with van der Waals surface area (Å²) in [6.07, 6.45) is 0. The lowest BCUT2D eigenvalue weighted by molar-refractivity contribution is 0.592. The molecule has 0 aliphatic heterocycles. The van der Waals surface area contributed by atoms with Crippen LogP contribution in [0.5, 0.6) is 0 Å². The van der Waals surface area contributed by atoms with Crippen LogP contribution in [0.1, 0.15) is 19.5 Å². The van der Waals surface area contributed by atoms with E-state index in [1.165, 1.54) is 0 Å². The molecule has 0 aromatic carbocycles. The first-order valence-electron chi connectivity index (χ1n) is 4.34. The molecule has 0 aliphatic carbocycles. The SMILES string of the molecule is Cc1cc(Cl)nc(NS(=O)(=O)C(C)C)n1. The summed E-state index contributed by atoms with van der Waals surface area (Å²) in [6.45, 7) is 4.85. The maximum absolute atomic E-state index is 11.5. The molecule has 84 valence electrons. The van der Waals surface area contributed by atoms with E-state index in [0.29, 0.717) is 5.69 Å². The first kappa shape index (κ1) is 12.2. The van der Waals surface area contributed by atoms with Crippen molar-refractivity contribution in [1.82, 2.24) is 9.97 Å². The third-order valence-corrected chi connectivity index (χ3v) is 3.58. The summed E-state index contributed by atoms with van der Waals surface area (Å²) in [6, 6.07) is 1.55. The minimum absolute atomic E-state index is 0.00806. The van der Waals surface area contributed by atoms with Gasteiger partial charge in [-0.15, -0.1) is 0 Å². The lowest BCUT2D eigenvalue weighted by atomic mass is 10.5. The predicted octanol–water partition coefficient (Wildman–Crippen LogP) is 1.59. The van der Waals surface area contributed by atoms with E-state index in [0.717, 1.165) is 0 Å². The molecule has 1 N–H and O–H groups in total. The van der Waals surface area contributed by atoms with Crippen molar-refractivity contribution in [2.24, 2.45) is 0 Å². The Labute approximate surface area is 93.9 Å². The van der Waals surface area contributed by atoms with E-state index in [9.17, 15) is 8.42 Å². The van der Waals surface area contributed by atoms with Crippen molar-refractivity contribution in [3.63, 3.8) is 0 Å². The predicted molar refractivity (Wildman–Crippen MR) is 59.5 cm³/mol. The Hall–Kier alpha value is -0.880. The number of nitrogens with one attached hydrogen (secondary N) is 1. The fourth-order valence-electron chi connectivity index (χ4n) is 0.821. The molecule has 0 amide bonds. The van der Waals surface area contributed by atoms with Crippen LogP contribution in [0.2, 0.25) is 5.15 Å². The van der Waals surface area contributed by atoms with Crippen LogP contribution < -0.4 is 4.72 Å². The van der Waals surface area contributed by atoms with Crippen LogP contribution in [-0.2, 0) is 10.0 Å². The zero-order valence-electron chi connectivity index (χ0n) is 8.65. The zero-order valence-corrected chi connectivity index (χ0v) is 10.2. The number of aryl methyl sites for hydroxylation is 1. The lowest BCUT2D eigenvalue weighted by Crippen LogP contribution is -2.23. The minimum Gasteiger partial charge on any atom is -0.251 e. The van der Waals surface area contributed by atoms with Crippen molar-refractivity contribution < 1.29 is 8.42 Å². The van der Waals surface area contributed by atoms with Crippen LogP contribution in [0.3, 0.4) is 0 Å². The Kier molecular flexibility index (Phi) is 3.51. The number of hydrogen-bond acceptors (Lipinski definition) is 4. The molecular weight excluding hydrogens is 238 g/mol. The van der Waals surface area contributed by atoms with E-state index in [1.807, 2.05) is 0 Å². The molecule has 7 heteroatoms. The number of aromatic nitrogens is 2. The monoisotopic (exact) mass is 249 g/mol. The number of hydrogen-bond donors (Lipinski definition) is 1. The summed E-state index contributed by atoms with van der Waals surface area (Å²) in [4.78, 5) is 7.68. The molecule has 0 bridgehead atoms. The Bertz CT molecular complexity index is 439. The van der Waals surface area contributed by atoms with Gasteiger partial charge in [0.25, 0.3) is 0 Å². The largest absolute Gasteiger partial charge is 0.251 e. The van der Waals surface area contributed by atoms with Gasteiger partial charge in [-0.3, -0.25) is 4.72 Å². The van der Waals surface area contributed by atoms with Gasteiger partial charge in [-0.2, -0.15) is 0 Å². The summed E-state index contributed by atoms with van der Waals surface area (Å²) >= 11 is 5.67. The Morgan fingerprint density at radius 3 is 2.47 bits per heavy atom. The Balaban J connectivity index is 3.00. The fraction of sp³-hybridized carbons (Fsp3) is 0.500. The van der Waals surface area contributed by atoms with Crippen molar-refractivity contribution >= 4 is 27.6 Å². The van der Waals surface area contributed by atoms with Gasteiger partial charge in [0, 0.05) is 5.69 Å². The van der Waals surface area contributed by atoms with Gasteiger partial charge >= 0.3 is 0 Å². The van der Waals surface area contributed by atoms with Crippen molar-refractivity contribution in [2.75, 3.05) is 4.72 Å². The van der Waals surface area contributed by atoms with Gasteiger partial charge in [-0.1, -0.05) is 11.6 Å². The van der Waals surface area contributed by atoms with Crippen molar-refractivity contribution in [2.45, 2.75) is 26.0 Å². The number of rotatable bonds is 3. The van der Waals surface area contributed by atoms with Gasteiger partial charge in [0.05, 0.1) is 5.25 Å². The highest BCUT2D eigenvalue weighted by atomic mass is 35.5. The first-order valence-corrected chi connectivity index (χ1v) is 6.26. The highest BCUT2D eigenvalue weighted by Gasteiger charge is 2.17. The summed E-state index contributed by atoms with van der Waals surface area (Å²) in [5.74, 6) is 0.00806. The quantitative estimate of drug-likeness (QED) is 0.826. The van der Waals surface area contributed by atoms with E-state index in [2.05, 4.69) is 14.7 Å². The molecule has 0 aliphatic rings. The van der Waals surface area contributed by atoms with Crippen LogP contribution in [0.4, 0.5) is 5.95 Å². The summed E-state index contributed by atoms with van der Waals surface area (Å²) in [7, 11) is -3.42. The van der Waals surface area contributed by atoms with E-state index in [4.69, 9.17) is 11.6 Å². The van der Waals surface area contributed by atoms with Gasteiger partial charge in [0.15, 0.2) is 0 Å². The smallest absolute Gasteiger partial charge is 0.238 e. The minimum atomic E-state index is -3.42. The Morgan fingerprint density at radius 1 is 1.40 bits per heavy atom. The molecule has 0 atom stereocenters. The molecule has 1 rings (SSSR count). The molecule has 0 saturated heterocycles. The molecule has 0 saturated carbocycles. The second-order valence-corrected chi connectivity index (χ2v) is 5.98. The second kappa shape index (κ2) is 4.32. The highest BCUT2D eigenvalue weighted by Crippen LogP contribution is 2.12. The molecule has 0 radical (unpaired) electrons. The van der Waals surface area contributed by atoms with Gasteiger partial charge in [-0.25, -0.2) is 18.4 Å². The normalized spacial score (nSPS) is 11.8. The van der Waals surface area contributed by atoms with E-state index >= 15 is 0 Å². The standard InChI is InChI=1S/C8H12ClN3O2S/c1-5(2)15(13,14)12-8-10-6(3)4-7(9)11-8/h4-5H,1-3H3,(H,10,11,12). The van der Waals surface area contributed by atoms with Crippen molar-refractivity contribution in [3.8, 4) is 0 Å². The van der Waals surface area contributed by atoms with Crippen molar-refractivity contribution in [1.29, 1.82) is 0 Å². The highest BCUT2D eigenvalue weighted by molar-refractivity contribution is 7.93. The van der Waals surface area contributed by atoms with Crippen LogP contribution in [0, 0.1) is 6.92 Å². The third kappa shape index (κ3) is 3.32. The van der Waals surface area contributed by atoms with Crippen LogP contribution in [0.15, 0.2) is 6.07 Å². The number of anilines is 1. The average Bonchev–Trinajstić information content (AvgIpc) is 1.99. The number of sulfonamides is 1. The molecule has 5 nitrogen and oxygen atoms in total. The summed E-state index contributed by atoms with van der Waals surface area (Å²) < 4.78 is 25.2.